The third kappa shape index (κ3) is 3.05. The standard InChI is InChI=1S/C17H13FN6O/c18-14-5-11(6-19)1-2-12(14)10-25-16-3-4-21-17(22-16)24-9-13-7-20-8-15(13)23-24/h1-5,9,20H,7-8,10H2. The fraction of sp³-hybridized carbons (Fsp3) is 0.176. The molecular formula is C17H13FN6O. The molecule has 0 aliphatic carbocycles. The Labute approximate surface area is 142 Å². The lowest BCUT2D eigenvalue weighted by atomic mass is 10.1. The molecule has 1 aliphatic rings. The molecule has 3 heterocycles. The Balaban J connectivity index is 1.51. The number of nitrogens with one attached hydrogen (secondary N) is 1. The fourth-order valence-electron chi connectivity index (χ4n) is 2.57. The fourth-order valence-corrected chi connectivity index (χ4v) is 2.57. The summed E-state index contributed by atoms with van der Waals surface area (Å²) in [5, 5.41) is 16.4. The number of rotatable bonds is 4. The largest absolute Gasteiger partial charge is 0.473 e. The van der Waals surface area contributed by atoms with Crippen molar-refractivity contribution in [3.05, 3.63) is 64.9 Å². The van der Waals surface area contributed by atoms with Gasteiger partial charge in [-0.2, -0.15) is 15.3 Å². The summed E-state index contributed by atoms with van der Waals surface area (Å²) in [5.41, 5.74) is 2.72. The van der Waals surface area contributed by atoms with Crippen LogP contribution >= 0.6 is 0 Å². The number of aromatic nitrogens is 4. The average Bonchev–Trinajstić information content (AvgIpc) is 3.23. The highest BCUT2D eigenvalue weighted by Gasteiger charge is 2.16. The Morgan fingerprint density at radius 3 is 3.04 bits per heavy atom. The van der Waals surface area contributed by atoms with E-state index in [1.807, 2.05) is 12.3 Å². The average molecular weight is 336 g/mol. The topological polar surface area (TPSA) is 88.6 Å². The van der Waals surface area contributed by atoms with Gasteiger partial charge in [0.1, 0.15) is 12.4 Å². The summed E-state index contributed by atoms with van der Waals surface area (Å²) in [7, 11) is 0. The number of ether oxygens (including phenoxy) is 1. The monoisotopic (exact) mass is 336 g/mol. The van der Waals surface area contributed by atoms with E-state index in [1.54, 1.807) is 23.0 Å². The van der Waals surface area contributed by atoms with Crippen molar-refractivity contribution in [2.45, 2.75) is 19.7 Å². The van der Waals surface area contributed by atoms with E-state index in [4.69, 9.17) is 10.00 Å². The van der Waals surface area contributed by atoms with Gasteiger partial charge in [-0.25, -0.2) is 14.1 Å². The van der Waals surface area contributed by atoms with Crippen molar-refractivity contribution in [3.8, 4) is 17.9 Å². The van der Waals surface area contributed by atoms with Crippen LogP contribution in [0.4, 0.5) is 4.39 Å². The van der Waals surface area contributed by atoms with E-state index < -0.39 is 5.82 Å². The van der Waals surface area contributed by atoms with E-state index in [1.165, 1.54) is 12.1 Å². The van der Waals surface area contributed by atoms with Crippen LogP contribution in [0.5, 0.6) is 5.88 Å². The molecular weight excluding hydrogens is 323 g/mol. The molecule has 0 unspecified atom stereocenters. The maximum Gasteiger partial charge on any atom is 0.253 e. The number of benzene rings is 1. The number of nitrogens with zero attached hydrogens (tertiary/aromatic N) is 5. The summed E-state index contributed by atoms with van der Waals surface area (Å²) in [4.78, 5) is 8.50. The van der Waals surface area contributed by atoms with Crippen molar-refractivity contribution >= 4 is 0 Å². The predicted octanol–water partition coefficient (Wildman–Crippen LogP) is 1.86. The highest BCUT2D eigenvalue weighted by atomic mass is 19.1. The first-order valence-electron chi connectivity index (χ1n) is 7.66. The smallest absolute Gasteiger partial charge is 0.253 e. The first-order chi connectivity index (χ1) is 12.2. The van der Waals surface area contributed by atoms with Gasteiger partial charge in [0.05, 0.1) is 17.3 Å². The SMILES string of the molecule is N#Cc1ccc(COc2ccnc(-n3cc4c(n3)CNC4)n2)c(F)c1. The molecule has 4 rings (SSSR count). The molecule has 7 nitrogen and oxygen atoms in total. The Bertz CT molecular complexity index is 956. The van der Waals surface area contributed by atoms with Crippen LogP contribution in [0.15, 0.2) is 36.7 Å². The number of nitriles is 1. The molecule has 0 atom stereocenters. The Hall–Kier alpha value is -3.31. The molecule has 25 heavy (non-hydrogen) atoms. The van der Waals surface area contributed by atoms with E-state index in [0.717, 1.165) is 24.3 Å². The van der Waals surface area contributed by atoms with Crippen molar-refractivity contribution in [1.82, 2.24) is 25.1 Å². The molecule has 0 bridgehead atoms. The van der Waals surface area contributed by atoms with E-state index in [-0.39, 0.29) is 12.2 Å². The van der Waals surface area contributed by atoms with Gasteiger partial charge in [-0.15, -0.1) is 0 Å². The van der Waals surface area contributed by atoms with Gasteiger partial charge in [0.25, 0.3) is 5.95 Å². The number of halogens is 1. The van der Waals surface area contributed by atoms with Crippen LogP contribution in [0.25, 0.3) is 5.95 Å². The van der Waals surface area contributed by atoms with Gasteiger partial charge < -0.3 is 10.1 Å². The molecule has 0 spiro atoms. The summed E-state index contributed by atoms with van der Waals surface area (Å²) in [6, 6.07) is 7.76. The second kappa shape index (κ2) is 6.30. The summed E-state index contributed by atoms with van der Waals surface area (Å²) in [6.07, 6.45) is 3.45. The van der Waals surface area contributed by atoms with Gasteiger partial charge in [0, 0.05) is 42.7 Å². The van der Waals surface area contributed by atoms with Crippen molar-refractivity contribution in [3.63, 3.8) is 0 Å². The van der Waals surface area contributed by atoms with Crippen LogP contribution in [0, 0.1) is 17.1 Å². The quantitative estimate of drug-likeness (QED) is 0.782. The number of hydrogen-bond acceptors (Lipinski definition) is 6. The van der Waals surface area contributed by atoms with Gasteiger partial charge in [-0.3, -0.25) is 0 Å². The Morgan fingerprint density at radius 1 is 1.32 bits per heavy atom. The molecule has 1 N–H and O–H groups in total. The lowest BCUT2D eigenvalue weighted by molar-refractivity contribution is 0.287. The van der Waals surface area contributed by atoms with Crippen molar-refractivity contribution in [1.29, 1.82) is 5.26 Å². The second-order valence-electron chi connectivity index (χ2n) is 5.55. The molecule has 0 saturated carbocycles. The lowest BCUT2D eigenvalue weighted by Crippen LogP contribution is -2.08. The zero-order valence-corrected chi connectivity index (χ0v) is 13.1. The van der Waals surface area contributed by atoms with Gasteiger partial charge >= 0.3 is 0 Å². The minimum atomic E-state index is -0.482. The third-order valence-electron chi connectivity index (χ3n) is 3.87. The summed E-state index contributed by atoms with van der Waals surface area (Å²) < 4.78 is 21.1. The van der Waals surface area contributed by atoms with E-state index in [2.05, 4.69) is 20.4 Å². The zero-order valence-electron chi connectivity index (χ0n) is 13.1. The van der Waals surface area contributed by atoms with Crippen molar-refractivity contribution in [2.24, 2.45) is 0 Å². The summed E-state index contributed by atoms with van der Waals surface area (Å²) in [5.74, 6) is 0.235. The highest BCUT2D eigenvalue weighted by Crippen LogP contribution is 2.17. The maximum absolute atomic E-state index is 13.9. The van der Waals surface area contributed by atoms with Crippen molar-refractivity contribution in [2.75, 3.05) is 0 Å². The highest BCUT2D eigenvalue weighted by molar-refractivity contribution is 5.33. The molecule has 0 fully saturated rings. The molecule has 1 aliphatic heterocycles. The lowest BCUT2D eigenvalue weighted by Gasteiger charge is -2.07. The molecule has 2 aromatic heterocycles. The second-order valence-corrected chi connectivity index (χ2v) is 5.55. The van der Waals surface area contributed by atoms with Gasteiger partial charge in [-0.1, -0.05) is 6.07 Å². The van der Waals surface area contributed by atoms with Crippen molar-refractivity contribution < 1.29 is 9.13 Å². The van der Waals surface area contributed by atoms with E-state index >= 15 is 0 Å². The molecule has 8 heteroatoms. The Kier molecular flexibility index (Phi) is 3.84. The zero-order chi connectivity index (χ0) is 17.2. The van der Waals surface area contributed by atoms with Gasteiger partial charge in [0.15, 0.2) is 0 Å². The van der Waals surface area contributed by atoms with Crippen LogP contribution in [0.1, 0.15) is 22.4 Å². The van der Waals surface area contributed by atoms with Gasteiger partial charge in [0.2, 0.25) is 5.88 Å². The molecule has 124 valence electrons. The number of hydrogen-bond donors (Lipinski definition) is 1. The summed E-state index contributed by atoms with van der Waals surface area (Å²) in [6.45, 7) is 1.52. The van der Waals surface area contributed by atoms with Crippen LogP contribution in [-0.2, 0) is 19.7 Å². The first kappa shape index (κ1) is 15.2. The van der Waals surface area contributed by atoms with Crippen LogP contribution in [0.2, 0.25) is 0 Å². The molecule has 0 radical (unpaired) electrons. The van der Waals surface area contributed by atoms with Gasteiger partial charge in [-0.05, 0) is 12.1 Å². The minimum absolute atomic E-state index is 0.00746. The normalized spacial score (nSPS) is 12.6. The predicted molar refractivity (Wildman–Crippen MR) is 85.1 cm³/mol. The Morgan fingerprint density at radius 2 is 2.24 bits per heavy atom. The molecule has 3 aromatic rings. The maximum atomic E-state index is 13.9. The first-order valence-corrected chi connectivity index (χ1v) is 7.66. The third-order valence-corrected chi connectivity index (χ3v) is 3.87. The van der Waals surface area contributed by atoms with Crippen LogP contribution in [0.3, 0.4) is 0 Å². The number of fused-ring (bicyclic) bond motifs is 1. The van der Waals surface area contributed by atoms with E-state index in [0.29, 0.717) is 17.4 Å². The molecule has 0 saturated heterocycles. The minimum Gasteiger partial charge on any atom is -0.473 e. The molecule has 1 aromatic carbocycles. The van der Waals surface area contributed by atoms with E-state index in [9.17, 15) is 4.39 Å². The van der Waals surface area contributed by atoms with Crippen LogP contribution < -0.4 is 10.1 Å². The molecule has 0 amide bonds. The summed E-state index contributed by atoms with van der Waals surface area (Å²) >= 11 is 0. The van der Waals surface area contributed by atoms with Crippen LogP contribution in [-0.4, -0.2) is 19.7 Å².